The molecule has 3 unspecified atom stereocenters. The van der Waals surface area contributed by atoms with Crippen molar-refractivity contribution in [1.29, 1.82) is 0 Å². The van der Waals surface area contributed by atoms with Gasteiger partial charge in [-0.2, -0.15) is 5.10 Å². The van der Waals surface area contributed by atoms with Crippen molar-refractivity contribution < 1.29 is 4.79 Å². The highest BCUT2D eigenvalue weighted by Crippen LogP contribution is 2.21. The SMILES string of the molecule is CC1NNC(C(=O)Nc2cnc3[nH]c(-n4cccn4)cc3c2)C1C. The number of anilines is 1. The molecule has 1 aliphatic heterocycles. The molecule has 0 aromatic carbocycles. The van der Waals surface area contributed by atoms with Crippen LogP contribution in [0.25, 0.3) is 16.9 Å². The van der Waals surface area contributed by atoms with E-state index in [4.69, 9.17) is 0 Å². The zero-order valence-electron chi connectivity index (χ0n) is 13.4. The van der Waals surface area contributed by atoms with Crippen LogP contribution in [0.3, 0.4) is 0 Å². The van der Waals surface area contributed by atoms with Crippen molar-refractivity contribution in [3.05, 3.63) is 36.8 Å². The van der Waals surface area contributed by atoms with Gasteiger partial charge in [0.25, 0.3) is 0 Å². The average molecular weight is 325 g/mol. The monoisotopic (exact) mass is 325 g/mol. The lowest BCUT2D eigenvalue weighted by atomic mass is 9.97. The van der Waals surface area contributed by atoms with Crippen molar-refractivity contribution >= 4 is 22.6 Å². The quantitative estimate of drug-likeness (QED) is 0.580. The fourth-order valence-corrected chi connectivity index (χ4v) is 2.90. The van der Waals surface area contributed by atoms with E-state index in [9.17, 15) is 4.79 Å². The molecule has 1 aliphatic rings. The minimum Gasteiger partial charge on any atom is -0.324 e. The Morgan fingerprint density at radius 1 is 1.29 bits per heavy atom. The van der Waals surface area contributed by atoms with E-state index in [-0.39, 0.29) is 23.9 Å². The number of hydrazine groups is 1. The molecule has 8 nitrogen and oxygen atoms in total. The molecule has 3 atom stereocenters. The van der Waals surface area contributed by atoms with Gasteiger partial charge in [0.15, 0.2) is 0 Å². The maximum atomic E-state index is 12.4. The first-order chi connectivity index (χ1) is 11.6. The van der Waals surface area contributed by atoms with Crippen LogP contribution in [0, 0.1) is 5.92 Å². The first-order valence-corrected chi connectivity index (χ1v) is 7.92. The van der Waals surface area contributed by atoms with E-state index in [2.05, 4.69) is 38.2 Å². The molecule has 4 N–H and O–H groups in total. The Morgan fingerprint density at radius 3 is 2.88 bits per heavy atom. The van der Waals surface area contributed by atoms with E-state index in [1.165, 1.54) is 0 Å². The van der Waals surface area contributed by atoms with E-state index in [1.807, 2.05) is 31.3 Å². The van der Waals surface area contributed by atoms with Crippen molar-refractivity contribution in [2.24, 2.45) is 5.92 Å². The third-order valence-electron chi connectivity index (χ3n) is 4.54. The molecule has 0 saturated carbocycles. The molecule has 3 aromatic heterocycles. The van der Waals surface area contributed by atoms with Gasteiger partial charge in [0.05, 0.1) is 11.9 Å². The standard InChI is InChI=1S/C16H19N7O/c1-9-10(2)21-22-14(9)16(24)19-12-6-11-7-13(20-15(11)17-8-12)23-5-3-4-18-23/h3-10,14,21-22H,1-2H3,(H,17,20)(H,19,24). The first-order valence-electron chi connectivity index (χ1n) is 7.92. The van der Waals surface area contributed by atoms with E-state index in [1.54, 1.807) is 17.1 Å². The molecule has 1 fully saturated rings. The minimum atomic E-state index is -0.262. The van der Waals surface area contributed by atoms with E-state index in [0.717, 1.165) is 16.9 Å². The number of fused-ring (bicyclic) bond motifs is 1. The van der Waals surface area contributed by atoms with Crippen LogP contribution < -0.4 is 16.2 Å². The van der Waals surface area contributed by atoms with Gasteiger partial charge in [-0.25, -0.2) is 15.1 Å². The van der Waals surface area contributed by atoms with Crippen LogP contribution >= 0.6 is 0 Å². The summed E-state index contributed by atoms with van der Waals surface area (Å²) in [6.07, 6.45) is 5.23. The van der Waals surface area contributed by atoms with Crippen molar-refractivity contribution in [2.45, 2.75) is 25.9 Å². The number of nitrogens with zero attached hydrogens (tertiary/aromatic N) is 3. The van der Waals surface area contributed by atoms with Gasteiger partial charge in [0.2, 0.25) is 5.91 Å². The van der Waals surface area contributed by atoms with Crippen LogP contribution in [0.4, 0.5) is 5.69 Å². The van der Waals surface area contributed by atoms with Gasteiger partial charge in [-0.15, -0.1) is 0 Å². The Labute approximate surface area is 138 Å². The number of pyridine rings is 1. The Morgan fingerprint density at radius 2 is 2.17 bits per heavy atom. The summed E-state index contributed by atoms with van der Waals surface area (Å²) >= 11 is 0. The normalized spacial score (nSPS) is 23.7. The number of carbonyl (C=O) groups is 1. The lowest BCUT2D eigenvalue weighted by molar-refractivity contribution is -0.118. The summed E-state index contributed by atoms with van der Waals surface area (Å²) in [6.45, 7) is 4.10. The van der Waals surface area contributed by atoms with Crippen molar-refractivity contribution in [1.82, 2.24) is 30.6 Å². The molecule has 8 heteroatoms. The van der Waals surface area contributed by atoms with Crippen LogP contribution in [0.5, 0.6) is 0 Å². The van der Waals surface area contributed by atoms with E-state index >= 15 is 0 Å². The maximum absolute atomic E-state index is 12.4. The number of hydrogen-bond donors (Lipinski definition) is 4. The minimum absolute atomic E-state index is 0.0664. The van der Waals surface area contributed by atoms with Crippen LogP contribution in [0.1, 0.15) is 13.8 Å². The molecule has 4 rings (SSSR count). The molecular weight excluding hydrogens is 306 g/mol. The number of carbonyl (C=O) groups excluding carboxylic acids is 1. The topological polar surface area (TPSA) is 99.7 Å². The summed E-state index contributed by atoms with van der Waals surface area (Å²) in [4.78, 5) is 20.0. The first kappa shape index (κ1) is 14.9. The molecule has 0 aliphatic carbocycles. The molecule has 24 heavy (non-hydrogen) atoms. The summed E-state index contributed by atoms with van der Waals surface area (Å²) in [5.41, 5.74) is 7.55. The van der Waals surface area contributed by atoms with Crippen LogP contribution in [-0.2, 0) is 4.79 Å². The van der Waals surface area contributed by atoms with Gasteiger partial charge in [-0.05, 0) is 31.0 Å². The maximum Gasteiger partial charge on any atom is 0.243 e. The summed E-state index contributed by atoms with van der Waals surface area (Å²) in [5.74, 6) is 0.971. The Hall–Kier alpha value is -2.71. The molecular formula is C16H19N7O. The number of H-pyrrole nitrogens is 1. The molecule has 0 bridgehead atoms. The number of nitrogens with one attached hydrogen (secondary N) is 4. The highest BCUT2D eigenvalue weighted by Gasteiger charge is 2.34. The van der Waals surface area contributed by atoms with E-state index < -0.39 is 0 Å². The summed E-state index contributed by atoms with van der Waals surface area (Å²) in [7, 11) is 0. The summed E-state index contributed by atoms with van der Waals surface area (Å²) in [6, 6.07) is 5.70. The smallest absolute Gasteiger partial charge is 0.243 e. The van der Waals surface area contributed by atoms with Gasteiger partial charge in [0, 0.05) is 23.8 Å². The largest absolute Gasteiger partial charge is 0.324 e. The molecule has 4 heterocycles. The van der Waals surface area contributed by atoms with Crippen LogP contribution in [0.15, 0.2) is 36.8 Å². The number of hydrogen-bond acceptors (Lipinski definition) is 5. The van der Waals surface area contributed by atoms with Crippen molar-refractivity contribution in [2.75, 3.05) is 5.32 Å². The molecule has 3 aromatic rings. The predicted octanol–water partition coefficient (Wildman–Crippen LogP) is 1.19. The number of rotatable bonds is 3. The van der Waals surface area contributed by atoms with Crippen molar-refractivity contribution in [3.63, 3.8) is 0 Å². The van der Waals surface area contributed by atoms with E-state index in [0.29, 0.717) is 5.69 Å². The van der Waals surface area contributed by atoms with Crippen molar-refractivity contribution in [3.8, 4) is 5.82 Å². The molecule has 0 radical (unpaired) electrons. The zero-order chi connectivity index (χ0) is 16.7. The highest BCUT2D eigenvalue weighted by molar-refractivity contribution is 5.96. The Kier molecular flexibility index (Phi) is 3.55. The van der Waals surface area contributed by atoms with Gasteiger partial charge in [-0.3, -0.25) is 10.2 Å². The third kappa shape index (κ3) is 2.55. The van der Waals surface area contributed by atoms with Gasteiger partial charge in [0.1, 0.15) is 17.5 Å². The predicted molar refractivity (Wildman–Crippen MR) is 90.5 cm³/mol. The van der Waals surface area contributed by atoms with Gasteiger partial charge < -0.3 is 10.3 Å². The highest BCUT2D eigenvalue weighted by atomic mass is 16.2. The summed E-state index contributed by atoms with van der Waals surface area (Å²) < 4.78 is 1.73. The second-order valence-electron chi connectivity index (χ2n) is 6.17. The lowest BCUT2D eigenvalue weighted by Crippen LogP contribution is -2.41. The fraction of sp³-hybridized carbons (Fsp3) is 0.312. The number of amides is 1. The second kappa shape index (κ2) is 5.73. The number of aromatic amines is 1. The fourth-order valence-electron chi connectivity index (χ4n) is 2.90. The number of aromatic nitrogens is 4. The third-order valence-corrected chi connectivity index (χ3v) is 4.54. The molecule has 124 valence electrons. The van der Waals surface area contributed by atoms with Crippen LogP contribution in [-0.4, -0.2) is 37.7 Å². The lowest BCUT2D eigenvalue weighted by Gasteiger charge is -2.15. The Bertz CT molecular complexity index is 870. The second-order valence-corrected chi connectivity index (χ2v) is 6.17. The average Bonchev–Trinajstić information content (AvgIpc) is 3.28. The summed E-state index contributed by atoms with van der Waals surface area (Å²) in [5, 5.41) is 8.04. The van der Waals surface area contributed by atoms with Gasteiger partial charge in [-0.1, -0.05) is 6.92 Å². The molecule has 1 saturated heterocycles. The molecule has 1 amide bonds. The Balaban J connectivity index is 1.56. The molecule has 0 spiro atoms. The van der Waals surface area contributed by atoms with Gasteiger partial charge >= 0.3 is 0 Å². The zero-order valence-corrected chi connectivity index (χ0v) is 13.4. The van der Waals surface area contributed by atoms with Crippen LogP contribution in [0.2, 0.25) is 0 Å².